The SMILES string of the molecule is CN(CC(=O)N1C[C@@H](C(=O)NCc2ccccc2)Oc2ccccc21)S(=O)(=O)c1ccc2ccccc2c1. The number of likely N-dealkylation sites (N-methyl/N-ethyl adjacent to an activating group) is 1. The van der Waals surface area contributed by atoms with E-state index in [2.05, 4.69) is 5.32 Å². The van der Waals surface area contributed by atoms with E-state index in [1.54, 1.807) is 36.4 Å². The lowest BCUT2D eigenvalue weighted by Crippen LogP contribution is -2.52. The van der Waals surface area contributed by atoms with Crippen LogP contribution in [0.5, 0.6) is 5.75 Å². The van der Waals surface area contributed by atoms with Crippen molar-refractivity contribution in [2.24, 2.45) is 0 Å². The van der Waals surface area contributed by atoms with Crippen molar-refractivity contribution >= 4 is 38.3 Å². The van der Waals surface area contributed by atoms with Gasteiger partial charge in [-0.05, 0) is 40.6 Å². The quantitative estimate of drug-likeness (QED) is 0.395. The topological polar surface area (TPSA) is 96.0 Å². The Morgan fingerprint density at radius 3 is 2.39 bits per heavy atom. The Kier molecular flexibility index (Phi) is 7.13. The van der Waals surface area contributed by atoms with Crippen molar-refractivity contribution in [1.82, 2.24) is 9.62 Å². The minimum absolute atomic E-state index is 0.0413. The van der Waals surface area contributed by atoms with Crippen molar-refractivity contribution in [3.05, 3.63) is 103 Å². The van der Waals surface area contributed by atoms with Gasteiger partial charge in [0.2, 0.25) is 15.9 Å². The van der Waals surface area contributed by atoms with Crippen LogP contribution in [0, 0.1) is 0 Å². The van der Waals surface area contributed by atoms with Crippen molar-refractivity contribution in [1.29, 1.82) is 0 Å². The number of benzene rings is 4. The average Bonchev–Trinajstić information content (AvgIpc) is 2.95. The number of nitrogens with one attached hydrogen (secondary N) is 1. The van der Waals surface area contributed by atoms with Crippen LogP contribution in [0.25, 0.3) is 10.8 Å². The summed E-state index contributed by atoms with van der Waals surface area (Å²) in [5.74, 6) is -0.446. The fraction of sp³-hybridized carbons (Fsp3) is 0.172. The first-order chi connectivity index (χ1) is 18.3. The molecule has 4 aromatic carbocycles. The summed E-state index contributed by atoms with van der Waals surface area (Å²) in [6, 6.07) is 28.7. The number of rotatable bonds is 7. The zero-order valence-electron chi connectivity index (χ0n) is 20.8. The number of hydrogen-bond donors (Lipinski definition) is 1. The largest absolute Gasteiger partial charge is 0.477 e. The van der Waals surface area contributed by atoms with E-state index < -0.39 is 28.6 Å². The molecule has 1 atom stereocenters. The molecule has 8 nitrogen and oxygen atoms in total. The van der Waals surface area contributed by atoms with E-state index in [1.165, 1.54) is 18.0 Å². The Morgan fingerprint density at radius 1 is 0.921 bits per heavy atom. The lowest BCUT2D eigenvalue weighted by molar-refractivity contribution is -0.128. The smallest absolute Gasteiger partial charge is 0.263 e. The number of para-hydroxylation sites is 2. The Labute approximate surface area is 221 Å². The first-order valence-corrected chi connectivity index (χ1v) is 13.6. The van der Waals surface area contributed by atoms with Gasteiger partial charge < -0.3 is 15.0 Å². The molecular formula is C29H27N3O5S. The molecule has 194 valence electrons. The monoisotopic (exact) mass is 529 g/mol. The van der Waals surface area contributed by atoms with Gasteiger partial charge in [0.15, 0.2) is 6.10 Å². The molecule has 0 spiro atoms. The summed E-state index contributed by atoms with van der Waals surface area (Å²) in [5.41, 5.74) is 1.42. The molecule has 4 aromatic rings. The molecule has 1 N–H and O–H groups in total. The highest BCUT2D eigenvalue weighted by molar-refractivity contribution is 7.89. The third-order valence-electron chi connectivity index (χ3n) is 6.46. The van der Waals surface area contributed by atoms with Gasteiger partial charge in [0.05, 0.1) is 23.7 Å². The average molecular weight is 530 g/mol. The molecule has 2 amide bonds. The van der Waals surface area contributed by atoms with Crippen LogP contribution < -0.4 is 15.0 Å². The number of fused-ring (bicyclic) bond motifs is 2. The Morgan fingerprint density at radius 2 is 1.61 bits per heavy atom. The summed E-state index contributed by atoms with van der Waals surface area (Å²) >= 11 is 0. The van der Waals surface area contributed by atoms with E-state index in [4.69, 9.17) is 4.74 Å². The van der Waals surface area contributed by atoms with Gasteiger partial charge in [-0.3, -0.25) is 9.59 Å². The van der Waals surface area contributed by atoms with Gasteiger partial charge in [0.25, 0.3) is 5.91 Å². The highest BCUT2D eigenvalue weighted by atomic mass is 32.2. The lowest BCUT2D eigenvalue weighted by Gasteiger charge is -2.35. The summed E-state index contributed by atoms with van der Waals surface area (Å²) in [5, 5.41) is 4.57. The van der Waals surface area contributed by atoms with Crippen molar-refractivity contribution in [2.75, 3.05) is 25.0 Å². The molecule has 0 radical (unpaired) electrons. The maximum absolute atomic E-state index is 13.4. The second-order valence-corrected chi connectivity index (χ2v) is 11.1. The second kappa shape index (κ2) is 10.6. The fourth-order valence-electron chi connectivity index (χ4n) is 4.37. The van der Waals surface area contributed by atoms with Crippen LogP contribution in [0.1, 0.15) is 5.56 Å². The molecule has 0 fully saturated rings. The standard InChI is InChI=1S/C29H27N3O5S/c1-31(38(35,36)24-16-15-22-11-5-6-12-23(22)17-24)20-28(33)32-19-27(37-26-14-8-7-13-25(26)32)29(34)30-18-21-9-3-2-4-10-21/h2-17,27H,18-20H2,1H3,(H,30,34)/t27-/m0/s1. The van der Waals surface area contributed by atoms with Crippen molar-refractivity contribution in [2.45, 2.75) is 17.5 Å². The van der Waals surface area contributed by atoms with Gasteiger partial charge >= 0.3 is 0 Å². The maximum atomic E-state index is 13.4. The van der Waals surface area contributed by atoms with Crippen LogP contribution >= 0.6 is 0 Å². The Hall–Kier alpha value is -4.21. The first kappa shape index (κ1) is 25.4. The fourth-order valence-corrected chi connectivity index (χ4v) is 5.53. The molecule has 1 heterocycles. The van der Waals surface area contributed by atoms with E-state index >= 15 is 0 Å². The van der Waals surface area contributed by atoms with Crippen LogP contribution in [0.4, 0.5) is 5.69 Å². The summed E-state index contributed by atoms with van der Waals surface area (Å²) in [6.07, 6.45) is -0.944. The van der Waals surface area contributed by atoms with Gasteiger partial charge in [-0.25, -0.2) is 8.42 Å². The molecule has 0 saturated carbocycles. The molecule has 5 rings (SSSR count). The van der Waals surface area contributed by atoms with Gasteiger partial charge in [-0.1, -0.05) is 72.8 Å². The zero-order valence-corrected chi connectivity index (χ0v) is 21.6. The summed E-state index contributed by atoms with van der Waals surface area (Å²) < 4.78 is 33.5. The van der Waals surface area contributed by atoms with Crippen LogP contribution in [0.2, 0.25) is 0 Å². The number of hydrogen-bond acceptors (Lipinski definition) is 5. The van der Waals surface area contributed by atoms with Crippen molar-refractivity contribution in [3.63, 3.8) is 0 Å². The molecule has 0 unspecified atom stereocenters. The number of amides is 2. The minimum Gasteiger partial charge on any atom is -0.477 e. The van der Waals surface area contributed by atoms with Crippen molar-refractivity contribution in [3.8, 4) is 5.75 Å². The summed E-state index contributed by atoms with van der Waals surface area (Å²) in [7, 11) is -2.56. The molecule has 9 heteroatoms. The first-order valence-electron chi connectivity index (χ1n) is 12.2. The third kappa shape index (κ3) is 5.25. The maximum Gasteiger partial charge on any atom is 0.263 e. The molecule has 38 heavy (non-hydrogen) atoms. The van der Waals surface area contributed by atoms with E-state index in [0.29, 0.717) is 18.0 Å². The number of anilines is 1. The second-order valence-electron chi connectivity index (χ2n) is 9.05. The van der Waals surface area contributed by atoms with Crippen LogP contribution in [-0.4, -0.2) is 50.8 Å². The Bertz CT molecular complexity index is 1590. The van der Waals surface area contributed by atoms with Gasteiger partial charge in [-0.2, -0.15) is 4.31 Å². The van der Waals surface area contributed by atoms with E-state index in [9.17, 15) is 18.0 Å². The van der Waals surface area contributed by atoms with Crippen LogP contribution in [0.15, 0.2) is 102 Å². The minimum atomic E-state index is -3.94. The molecule has 1 aliphatic heterocycles. The zero-order chi connectivity index (χ0) is 26.7. The molecule has 0 bridgehead atoms. The molecule has 1 aliphatic rings. The highest BCUT2D eigenvalue weighted by Gasteiger charge is 2.35. The van der Waals surface area contributed by atoms with Gasteiger partial charge in [0, 0.05) is 13.6 Å². The molecule has 0 aromatic heterocycles. The van der Waals surface area contributed by atoms with Crippen molar-refractivity contribution < 1.29 is 22.7 Å². The summed E-state index contributed by atoms with van der Waals surface area (Å²) in [6.45, 7) is -0.121. The third-order valence-corrected chi connectivity index (χ3v) is 8.26. The lowest BCUT2D eigenvalue weighted by atomic mass is 10.1. The molecule has 0 aliphatic carbocycles. The van der Waals surface area contributed by atoms with Crippen LogP contribution in [-0.2, 0) is 26.2 Å². The molecule has 0 saturated heterocycles. The number of carbonyl (C=O) groups is 2. The number of sulfonamides is 1. The predicted molar refractivity (Wildman–Crippen MR) is 145 cm³/mol. The highest BCUT2D eigenvalue weighted by Crippen LogP contribution is 2.33. The summed E-state index contributed by atoms with van der Waals surface area (Å²) in [4.78, 5) is 27.9. The normalized spacial score (nSPS) is 15.1. The van der Waals surface area contributed by atoms with E-state index in [0.717, 1.165) is 20.6 Å². The number of nitrogens with zero attached hydrogens (tertiary/aromatic N) is 2. The van der Waals surface area contributed by atoms with Crippen LogP contribution in [0.3, 0.4) is 0 Å². The Balaban J connectivity index is 1.32. The number of ether oxygens (including phenoxy) is 1. The van der Waals surface area contributed by atoms with Gasteiger partial charge in [-0.15, -0.1) is 0 Å². The predicted octanol–water partition coefficient (Wildman–Crippen LogP) is 3.57. The van der Waals surface area contributed by atoms with E-state index in [-0.39, 0.29) is 17.3 Å². The number of carbonyl (C=O) groups excluding carboxylic acids is 2. The molecular weight excluding hydrogens is 502 g/mol. The van der Waals surface area contributed by atoms with Gasteiger partial charge in [0.1, 0.15) is 5.75 Å². The van der Waals surface area contributed by atoms with E-state index in [1.807, 2.05) is 54.6 Å².